The standard InChI is InChI=1S/C12H15BrN4O/c1-9(2)6-17-11(15-8-16-17)7-18-10-4-3-5-14-12(10)13/h3-5,8-9H,6-7H2,1-2H3. The molecule has 2 aromatic rings. The number of aromatic nitrogens is 4. The highest BCUT2D eigenvalue weighted by Gasteiger charge is 2.08. The van der Waals surface area contributed by atoms with Crippen molar-refractivity contribution in [3.8, 4) is 5.75 Å². The molecular formula is C12H15BrN4O. The SMILES string of the molecule is CC(C)Cn1ncnc1COc1cccnc1Br. The van der Waals surface area contributed by atoms with E-state index in [0.29, 0.717) is 22.9 Å². The first kappa shape index (κ1) is 13.0. The second kappa shape index (κ2) is 5.95. The van der Waals surface area contributed by atoms with Crippen LogP contribution in [0.4, 0.5) is 0 Å². The fraction of sp³-hybridized carbons (Fsp3) is 0.417. The summed E-state index contributed by atoms with van der Waals surface area (Å²) in [6.07, 6.45) is 3.26. The highest BCUT2D eigenvalue weighted by molar-refractivity contribution is 9.10. The second-order valence-corrected chi connectivity index (χ2v) is 5.08. The zero-order valence-electron chi connectivity index (χ0n) is 10.4. The van der Waals surface area contributed by atoms with Gasteiger partial charge in [-0.2, -0.15) is 5.10 Å². The average Bonchev–Trinajstić information content (AvgIpc) is 2.75. The lowest BCUT2D eigenvalue weighted by atomic mass is 10.2. The predicted molar refractivity (Wildman–Crippen MR) is 71.1 cm³/mol. The van der Waals surface area contributed by atoms with Gasteiger partial charge in [0.05, 0.1) is 0 Å². The third-order valence-corrected chi connectivity index (χ3v) is 2.91. The Morgan fingerprint density at radius 1 is 1.39 bits per heavy atom. The predicted octanol–water partition coefficient (Wildman–Crippen LogP) is 2.67. The van der Waals surface area contributed by atoms with Crippen molar-refractivity contribution in [1.82, 2.24) is 19.7 Å². The molecular weight excluding hydrogens is 296 g/mol. The van der Waals surface area contributed by atoms with Gasteiger partial charge in [0, 0.05) is 12.7 Å². The molecule has 18 heavy (non-hydrogen) atoms. The summed E-state index contributed by atoms with van der Waals surface area (Å²) < 4.78 is 8.24. The van der Waals surface area contributed by atoms with Gasteiger partial charge in [0.15, 0.2) is 11.6 Å². The third-order valence-electron chi connectivity index (χ3n) is 2.32. The monoisotopic (exact) mass is 310 g/mol. The van der Waals surface area contributed by atoms with Gasteiger partial charge >= 0.3 is 0 Å². The van der Waals surface area contributed by atoms with Gasteiger partial charge in [-0.25, -0.2) is 14.6 Å². The van der Waals surface area contributed by atoms with E-state index in [9.17, 15) is 0 Å². The summed E-state index contributed by atoms with van der Waals surface area (Å²) in [4.78, 5) is 8.30. The molecule has 0 spiro atoms. The summed E-state index contributed by atoms with van der Waals surface area (Å²) in [6.45, 7) is 5.51. The molecule has 0 aliphatic heterocycles. The first-order valence-electron chi connectivity index (χ1n) is 5.77. The molecule has 0 atom stereocenters. The smallest absolute Gasteiger partial charge is 0.164 e. The normalized spacial score (nSPS) is 10.9. The van der Waals surface area contributed by atoms with Crippen LogP contribution < -0.4 is 4.74 Å². The summed E-state index contributed by atoms with van der Waals surface area (Å²) in [5, 5.41) is 4.19. The fourth-order valence-electron chi connectivity index (χ4n) is 1.52. The Hall–Kier alpha value is -1.43. The van der Waals surface area contributed by atoms with Crippen molar-refractivity contribution < 1.29 is 4.74 Å². The Morgan fingerprint density at radius 3 is 2.94 bits per heavy atom. The van der Waals surface area contributed by atoms with Crippen LogP contribution >= 0.6 is 15.9 Å². The molecule has 0 saturated carbocycles. The Bertz CT molecular complexity index is 512. The molecule has 2 rings (SSSR count). The number of pyridine rings is 1. The van der Waals surface area contributed by atoms with Crippen molar-refractivity contribution in [1.29, 1.82) is 0 Å². The van der Waals surface area contributed by atoms with Crippen LogP contribution in [-0.4, -0.2) is 19.7 Å². The molecule has 0 N–H and O–H groups in total. The molecule has 5 nitrogen and oxygen atoms in total. The molecule has 0 aliphatic carbocycles. The van der Waals surface area contributed by atoms with Crippen LogP contribution in [0, 0.1) is 5.92 Å². The Labute approximate surface area is 114 Å². The van der Waals surface area contributed by atoms with Crippen LogP contribution in [-0.2, 0) is 13.2 Å². The molecule has 2 aromatic heterocycles. The van der Waals surface area contributed by atoms with Crippen molar-refractivity contribution in [3.63, 3.8) is 0 Å². The van der Waals surface area contributed by atoms with Gasteiger partial charge in [0.2, 0.25) is 0 Å². The Balaban J connectivity index is 2.02. The molecule has 0 saturated heterocycles. The van der Waals surface area contributed by atoms with Crippen LogP contribution in [0.3, 0.4) is 0 Å². The average molecular weight is 311 g/mol. The van der Waals surface area contributed by atoms with E-state index in [0.717, 1.165) is 12.4 Å². The number of rotatable bonds is 5. The zero-order valence-corrected chi connectivity index (χ0v) is 12.0. The summed E-state index contributed by atoms with van der Waals surface area (Å²) in [6, 6.07) is 3.69. The van der Waals surface area contributed by atoms with Crippen molar-refractivity contribution in [2.45, 2.75) is 27.0 Å². The van der Waals surface area contributed by atoms with Gasteiger partial charge in [-0.15, -0.1) is 0 Å². The molecule has 0 fully saturated rings. The van der Waals surface area contributed by atoms with Gasteiger partial charge in [-0.3, -0.25) is 0 Å². The van der Waals surface area contributed by atoms with Crippen LogP contribution in [0.25, 0.3) is 0 Å². The maximum Gasteiger partial charge on any atom is 0.164 e. The highest BCUT2D eigenvalue weighted by atomic mass is 79.9. The van der Waals surface area contributed by atoms with E-state index >= 15 is 0 Å². The highest BCUT2D eigenvalue weighted by Crippen LogP contribution is 2.21. The minimum absolute atomic E-state index is 0.386. The van der Waals surface area contributed by atoms with Crippen LogP contribution in [0.2, 0.25) is 0 Å². The van der Waals surface area contributed by atoms with Gasteiger partial charge in [-0.1, -0.05) is 13.8 Å². The number of nitrogens with zero attached hydrogens (tertiary/aromatic N) is 4. The van der Waals surface area contributed by atoms with E-state index in [-0.39, 0.29) is 0 Å². The summed E-state index contributed by atoms with van der Waals surface area (Å²) in [5.74, 6) is 2.05. The molecule has 96 valence electrons. The van der Waals surface area contributed by atoms with E-state index in [1.165, 1.54) is 0 Å². The third kappa shape index (κ3) is 3.29. The van der Waals surface area contributed by atoms with Gasteiger partial charge in [-0.05, 0) is 34.0 Å². The Kier molecular flexibility index (Phi) is 4.30. The van der Waals surface area contributed by atoms with E-state index in [1.54, 1.807) is 12.5 Å². The minimum atomic E-state index is 0.386. The van der Waals surface area contributed by atoms with Gasteiger partial charge < -0.3 is 4.74 Å². The van der Waals surface area contributed by atoms with Crippen molar-refractivity contribution >= 4 is 15.9 Å². The number of hydrogen-bond acceptors (Lipinski definition) is 4. The van der Waals surface area contributed by atoms with Crippen LogP contribution in [0.15, 0.2) is 29.3 Å². The molecule has 0 aliphatic rings. The van der Waals surface area contributed by atoms with E-state index in [1.807, 2.05) is 16.8 Å². The van der Waals surface area contributed by atoms with Gasteiger partial charge in [0.25, 0.3) is 0 Å². The lowest BCUT2D eigenvalue weighted by molar-refractivity contribution is 0.279. The van der Waals surface area contributed by atoms with Crippen LogP contribution in [0.1, 0.15) is 19.7 Å². The fourth-order valence-corrected chi connectivity index (χ4v) is 1.88. The van der Waals surface area contributed by atoms with Crippen LogP contribution in [0.5, 0.6) is 5.75 Å². The number of ether oxygens (including phenoxy) is 1. The van der Waals surface area contributed by atoms with Crippen molar-refractivity contribution in [2.24, 2.45) is 5.92 Å². The molecule has 6 heteroatoms. The lowest BCUT2D eigenvalue weighted by Crippen LogP contribution is -2.12. The maximum atomic E-state index is 5.67. The molecule has 0 aromatic carbocycles. The summed E-state index contributed by atoms with van der Waals surface area (Å²) >= 11 is 3.34. The summed E-state index contributed by atoms with van der Waals surface area (Å²) in [5.41, 5.74) is 0. The Morgan fingerprint density at radius 2 is 2.22 bits per heavy atom. The first-order chi connectivity index (χ1) is 8.66. The number of hydrogen-bond donors (Lipinski definition) is 0. The summed E-state index contributed by atoms with van der Waals surface area (Å²) in [7, 11) is 0. The lowest BCUT2D eigenvalue weighted by Gasteiger charge is -2.10. The molecule has 0 radical (unpaired) electrons. The zero-order chi connectivity index (χ0) is 13.0. The quantitative estimate of drug-likeness (QED) is 0.797. The van der Waals surface area contributed by atoms with E-state index in [4.69, 9.17) is 4.74 Å². The molecule has 0 unspecified atom stereocenters. The van der Waals surface area contributed by atoms with Gasteiger partial charge in [0.1, 0.15) is 17.5 Å². The topological polar surface area (TPSA) is 52.8 Å². The van der Waals surface area contributed by atoms with E-state index < -0.39 is 0 Å². The second-order valence-electron chi connectivity index (χ2n) is 4.33. The molecule has 0 amide bonds. The van der Waals surface area contributed by atoms with Crippen molar-refractivity contribution in [3.05, 3.63) is 35.1 Å². The van der Waals surface area contributed by atoms with Crippen molar-refractivity contribution in [2.75, 3.05) is 0 Å². The largest absolute Gasteiger partial charge is 0.483 e. The molecule has 0 bridgehead atoms. The first-order valence-corrected chi connectivity index (χ1v) is 6.56. The molecule has 2 heterocycles. The maximum absolute atomic E-state index is 5.67. The van der Waals surface area contributed by atoms with E-state index in [2.05, 4.69) is 44.8 Å². The number of halogens is 1. The minimum Gasteiger partial charge on any atom is -0.483 e.